The van der Waals surface area contributed by atoms with Gasteiger partial charge in [0.05, 0.1) is 6.04 Å². The van der Waals surface area contributed by atoms with Crippen LogP contribution in [0.1, 0.15) is 57.1 Å². The van der Waals surface area contributed by atoms with Crippen LogP contribution >= 0.6 is 11.3 Å². The average molecular weight is 476 g/mol. The molecule has 1 aliphatic heterocycles. The second kappa shape index (κ2) is 10.7. The van der Waals surface area contributed by atoms with Gasteiger partial charge in [0.15, 0.2) is 0 Å². The Morgan fingerprint density at radius 3 is 2.79 bits per heavy atom. The van der Waals surface area contributed by atoms with E-state index in [4.69, 9.17) is 4.74 Å². The first-order valence-corrected chi connectivity index (χ1v) is 12.3. The maximum Gasteiger partial charge on any atom is 0.271 e. The zero-order valence-electron chi connectivity index (χ0n) is 19.5. The second-order valence-electron chi connectivity index (χ2n) is 8.28. The molecule has 0 bridgehead atoms. The summed E-state index contributed by atoms with van der Waals surface area (Å²) in [7, 11) is 0. The summed E-state index contributed by atoms with van der Waals surface area (Å²) in [6.45, 7) is 8.94. The van der Waals surface area contributed by atoms with Gasteiger partial charge in [-0.3, -0.25) is 9.59 Å². The van der Waals surface area contributed by atoms with Crippen molar-refractivity contribution >= 4 is 23.2 Å². The number of amides is 2. The topological polar surface area (TPSA) is 71.5 Å². The Labute approximate surface area is 204 Å². The summed E-state index contributed by atoms with van der Waals surface area (Å²) in [5.74, 6) is 0.639. The highest BCUT2D eigenvalue weighted by Crippen LogP contribution is 2.37. The van der Waals surface area contributed by atoms with E-state index in [1.165, 1.54) is 22.5 Å². The molecule has 0 aliphatic carbocycles. The van der Waals surface area contributed by atoms with Crippen LogP contribution in [-0.2, 0) is 17.8 Å². The highest BCUT2D eigenvalue weighted by atomic mass is 32.1. The van der Waals surface area contributed by atoms with Crippen LogP contribution < -0.4 is 10.1 Å². The molecule has 0 unspecified atom stereocenters. The first kappa shape index (κ1) is 23.7. The van der Waals surface area contributed by atoms with Crippen LogP contribution in [0.25, 0.3) is 0 Å². The summed E-state index contributed by atoms with van der Waals surface area (Å²) in [5, 5.41) is 5.18. The van der Waals surface area contributed by atoms with Gasteiger partial charge in [-0.15, -0.1) is 17.9 Å². The lowest BCUT2D eigenvalue weighted by atomic mass is 9.87. The first-order valence-electron chi connectivity index (χ1n) is 11.4. The Hall–Kier alpha value is -3.45. The minimum atomic E-state index is -0.224. The molecular weight excluding hydrogens is 446 g/mol. The van der Waals surface area contributed by atoms with Crippen molar-refractivity contribution in [2.45, 2.75) is 39.3 Å². The van der Waals surface area contributed by atoms with Gasteiger partial charge in [-0.2, -0.15) is 0 Å². The van der Waals surface area contributed by atoms with Gasteiger partial charge >= 0.3 is 0 Å². The molecule has 176 valence electrons. The fraction of sp³-hybridized carbons (Fsp3) is 0.296. The van der Waals surface area contributed by atoms with Gasteiger partial charge in [0, 0.05) is 24.9 Å². The molecule has 6 nitrogen and oxygen atoms in total. The molecule has 0 radical (unpaired) electrons. The van der Waals surface area contributed by atoms with E-state index in [2.05, 4.69) is 54.1 Å². The van der Waals surface area contributed by atoms with E-state index in [9.17, 15) is 9.59 Å². The van der Waals surface area contributed by atoms with Crippen molar-refractivity contribution in [1.82, 2.24) is 15.2 Å². The average Bonchev–Trinajstić information content (AvgIpc) is 3.34. The molecule has 0 saturated carbocycles. The number of aromatic nitrogens is 1. The van der Waals surface area contributed by atoms with Crippen LogP contribution in [0.15, 0.2) is 60.5 Å². The maximum absolute atomic E-state index is 12.8. The standard InChI is InChI=1S/C27H29N3O3S/c1-4-13-28-27(32)23-17-34-24(29-23)16-33-21-11-10-19-12-14-30(25(31)5-2)26(22(19)15-21)20-8-6-18(3)7-9-20/h4,6-11,15,17,26H,1,5,12-14,16H2,2-3H3,(H,28,32)/t26-/m0/s1. The zero-order valence-corrected chi connectivity index (χ0v) is 20.4. The number of nitrogens with zero attached hydrogens (tertiary/aromatic N) is 2. The van der Waals surface area contributed by atoms with Crippen LogP contribution in [0.3, 0.4) is 0 Å². The minimum absolute atomic E-state index is 0.139. The van der Waals surface area contributed by atoms with E-state index in [0.717, 1.165) is 28.3 Å². The summed E-state index contributed by atoms with van der Waals surface area (Å²) < 4.78 is 6.05. The molecule has 7 heteroatoms. The third-order valence-electron chi connectivity index (χ3n) is 5.92. The van der Waals surface area contributed by atoms with Crippen LogP contribution in [0.5, 0.6) is 5.75 Å². The molecule has 34 heavy (non-hydrogen) atoms. The maximum atomic E-state index is 12.8. The normalized spacial score (nSPS) is 14.9. The smallest absolute Gasteiger partial charge is 0.271 e. The van der Waals surface area contributed by atoms with Crippen molar-refractivity contribution in [3.63, 3.8) is 0 Å². The van der Waals surface area contributed by atoms with Gasteiger partial charge in [-0.1, -0.05) is 48.9 Å². The van der Waals surface area contributed by atoms with E-state index in [-0.39, 0.29) is 24.5 Å². The van der Waals surface area contributed by atoms with E-state index in [1.807, 2.05) is 24.0 Å². The third-order valence-corrected chi connectivity index (χ3v) is 6.74. The molecule has 2 heterocycles. The van der Waals surface area contributed by atoms with Crippen LogP contribution in [0, 0.1) is 6.92 Å². The molecule has 0 spiro atoms. The molecule has 0 fully saturated rings. The lowest BCUT2D eigenvalue weighted by Gasteiger charge is -2.38. The molecule has 1 aromatic heterocycles. The predicted octanol–water partition coefficient (Wildman–Crippen LogP) is 4.83. The number of nitrogens with one attached hydrogen (secondary N) is 1. The lowest BCUT2D eigenvalue weighted by molar-refractivity contribution is -0.132. The molecule has 3 aromatic rings. The van der Waals surface area contributed by atoms with E-state index >= 15 is 0 Å². The summed E-state index contributed by atoms with van der Waals surface area (Å²) in [5.41, 5.74) is 4.99. The van der Waals surface area contributed by atoms with Crippen molar-refractivity contribution in [2.24, 2.45) is 0 Å². The van der Waals surface area contributed by atoms with E-state index in [1.54, 1.807) is 11.5 Å². The molecule has 1 atom stereocenters. The Balaban J connectivity index is 1.56. The van der Waals surface area contributed by atoms with Crippen molar-refractivity contribution in [3.05, 3.63) is 93.5 Å². The molecule has 1 N–H and O–H groups in total. The first-order chi connectivity index (χ1) is 16.5. The summed E-state index contributed by atoms with van der Waals surface area (Å²) in [4.78, 5) is 31.2. The molecule has 1 aliphatic rings. The second-order valence-corrected chi connectivity index (χ2v) is 9.22. The van der Waals surface area contributed by atoms with Crippen LogP contribution in [0.4, 0.5) is 0 Å². The summed E-state index contributed by atoms with van der Waals surface area (Å²) in [6.07, 6.45) is 2.92. The van der Waals surface area contributed by atoms with Crippen LogP contribution in [-0.4, -0.2) is 34.8 Å². The number of hydrogen-bond donors (Lipinski definition) is 1. The molecule has 2 amide bonds. The Bertz CT molecular complexity index is 1190. The number of fused-ring (bicyclic) bond motifs is 1. The summed E-state index contributed by atoms with van der Waals surface area (Å²) >= 11 is 1.39. The van der Waals surface area contributed by atoms with Gasteiger partial charge in [0.2, 0.25) is 5.91 Å². The number of carbonyl (C=O) groups excluding carboxylic acids is 2. The SMILES string of the molecule is C=CCNC(=O)c1csc(COc2ccc3c(c2)[C@H](c2ccc(C)cc2)N(C(=O)CC)CC3)n1. The Morgan fingerprint density at radius 2 is 2.06 bits per heavy atom. The third kappa shape index (κ3) is 5.20. The fourth-order valence-electron chi connectivity index (χ4n) is 4.14. The Kier molecular flexibility index (Phi) is 7.43. The predicted molar refractivity (Wildman–Crippen MR) is 134 cm³/mol. The largest absolute Gasteiger partial charge is 0.486 e. The number of carbonyl (C=O) groups is 2. The lowest BCUT2D eigenvalue weighted by Crippen LogP contribution is -2.40. The number of hydrogen-bond acceptors (Lipinski definition) is 5. The van der Waals surface area contributed by atoms with Crippen LogP contribution in [0.2, 0.25) is 0 Å². The number of aryl methyl sites for hydroxylation is 1. The number of benzene rings is 2. The molecule has 2 aromatic carbocycles. The van der Waals surface area contributed by atoms with E-state index < -0.39 is 0 Å². The quantitative estimate of drug-likeness (QED) is 0.474. The molecular formula is C27H29N3O3S. The van der Waals surface area contributed by atoms with Gasteiger partial charge in [0.1, 0.15) is 23.1 Å². The van der Waals surface area contributed by atoms with Gasteiger partial charge < -0.3 is 15.0 Å². The number of thiazole rings is 1. The highest BCUT2D eigenvalue weighted by Gasteiger charge is 2.31. The zero-order chi connectivity index (χ0) is 24.1. The monoisotopic (exact) mass is 475 g/mol. The molecule has 0 saturated heterocycles. The van der Waals surface area contributed by atoms with Gasteiger partial charge in [0.25, 0.3) is 5.91 Å². The van der Waals surface area contributed by atoms with Crippen molar-refractivity contribution in [1.29, 1.82) is 0 Å². The van der Waals surface area contributed by atoms with Gasteiger partial charge in [-0.05, 0) is 42.2 Å². The fourth-order valence-corrected chi connectivity index (χ4v) is 4.83. The minimum Gasteiger partial charge on any atom is -0.486 e. The van der Waals surface area contributed by atoms with Crippen molar-refractivity contribution < 1.29 is 14.3 Å². The highest BCUT2D eigenvalue weighted by molar-refractivity contribution is 7.09. The van der Waals surface area contributed by atoms with Crippen molar-refractivity contribution in [2.75, 3.05) is 13.1 Å². The number of ether oxygens (including phenoxy) is 1. The van der Waals surface area contributed by atoms with E-state index in [0.29, 0.717) is 25.2 Å². The Morgan fingerprint density at radius 1 is 1.26 bits per heavy atom. The molecule has 4 rings (SSSR count). The number of rotatable bonds is 8. The van der Waals surface area contributed by atoms with Gasteiger partial charge in [-0.25, -0.2) is 4.98 Å². The van der Waals surface area contributed by atoms with Crippen molar-refractivity contribution in [3.8, 4) is 5.75 Å². The summed E-state index contributed by atoms with van der Waals surface area (Å²) in [6, 6.07) is 14.3.